The molecule has 0 aliphatic heterocycles. The molecule has 0 spiro atoms. The summed E-state index contributed by atoms with van der Waals surface area (Å²) in [6.07, 6.45) is 0.374. The molecule has 0 atom stereocenters. The summed E-state index contributed by atoms with van der Waals surface area (Å²) in [6.45, 7) is 0. The van der Waals surface area contributed by atoms with E-state index in [1.54, 1.807) is 0 Å². The lowest BCUT2D eigenvalue weighted by Crippen LogP contribution is -2.08. The second kappa shape index (κ2) is 4.41. The van der Waals surface area contributed by atoms with Crippen molar-refractivity contribution in [1.82, 2.24) is 0 Å². The second-order valence-electron chi connectivity index (χ2n) is 2.49. The van der Waals surface area contributed by atoms with Crippen molar-refractivity contribution < 1.29 is 28.3 Å². The summed E-state index contributed by atoms with van der Waals surface area (Å²) in [5.41, 5.74) is -0.133. The number of rotatable bonds is 3. The van der Waals surface area contributed by atoms with Crippen LogP contribution in [0.15, 0.2) is 10.5 Å². The summed E-state index contributed by atoms with van der Waals surface area (Å²) < 4.78 is 13.6. The molecule has 1 rings (SSSR count). The molecule has 0 radical (unpaired) electrons. The number of furan rings is 1. The van der Waals surface area contributed by atoms with Gasteiger partial charge in [0.15, 0.2) is 12.0 Å². The molecule has 0 N–H and O–H groups in total. The van der Waals surface area contributed by atoms with Gasteiger partial charge in [-0.3, -0.25) is 4.79 Å². The van der Waals surface area contributed by atoms with Crippen LogP contribution in [0.2, 0.25) is 0 Å². The summed E-state index contributed by atoms with van der Waals surface area (Å²) in [4.78, 5) is 32.7. The molecule has 6 nitrogen and oxygen atoms in total. The molecule has 0 fully saturated rings. The van der Waals surface area contributed by atoms with E-state index >= 15 is 0 Å². The van der Waals surface area contributed by atoms with Crippen molar-refractivity contribution >= 4 is 18.2 Å². The predicted octanol–water partition coefficient (Wildman–Crippen LogP) is 0.665. The number of esters is 2. The minimum absolute atomic E-state index is 0.133. The maximum atomic E-state index is 11.2. The van der Waals surface area contributed by atoms with Crippen molar-refractivity contribution in [3.63, 3.8) is 0 Å². The number of ether oxygens (including phenoxy) is 2. The lowest BCUT2D eigenvalue weighted by atomic mass is 10.2. The first-order chi connectivity index (χ1) is 7.13. The highest BCUT2D eigenvalue weighted by Gasteiger charge is 2.24. The Morgan fingerprint density at radius 1 is 1.27 bits per heavy atom. The van der Waals surface area contributed by atoms with Gasteiger partial charge in [-0.2, -0.15) is 0 Å². The number of hydrogen-bond donors (Lipinski definition) is 0. The van der Waals surface area contributed by atoms with E-state index < -0.39 is 11.9 Å². The molecule has 0 aliphatic carbocycles. The molecule has 0 saturated heterocycles. The largest absolute Gasteiger partial charge is 0.465 e. The first-order valence-electron chi connectivity index (χ1n) is 3.89. The molecule has 6 heteroatoms. The Hall–Kier alpha value is -2.11. The van der Waals surface area contributed by atoms with E-state index in [2.05, 4.69) is 9.47 Å². The molecule has 1 aromatic rings. The van der Waals surface area contributed by atoms with Crippen LogP contribution < -0.4 is 0 Å². The van der Waals surface area contributed by atoms with Gasteiger partial charge in [0.1, 0.15) is 5.56 Å². The Labute approximate surface area is 84.8 Å². The third-order valence-corrected chi connectivity index (χ3v) is 1.64. The van der Waals surface area contributed by atoms with Crippen molar-refractivity contribution in [1.29, 1.82) is 0 Å². The van der Waals surface area contributed by atoms with Gasteiger partial charge < -0.3 is 13.9 Å². The fraction of sp³-hybridized carbons (Fsp3) is 0.222. The third kappa shape index (κ3) is 2.04. The Balaban J connectivity index is 3.22. The van der Waals surface area contributed by atoms with Gasteiger partial charge in [-0.05, 0) is 0 Å². The fourth-order valence-electron chi connectivity index (χ4n) is 0.974. The third-order valence-electron chi connectivity index (χ3n) is 1.64. The number of carbonyl (C=O) groups is 3. The lowest BCUT2D eigenvalue weighted by Gasteiger charge is -1.97. The van der Waals surface area contributed by atoms with Gasteiger partial charge in [-0.1, -0.05) is 0 Å². The zero-order valence-electron chi connectivity index (χ0n) is 8.10. The maximum absolute atomic E-state index is 11.2. The van der Waals surface area contributed by atoms with Gasteiger partial charge in [-0.15, -0.1) is 0 Å². The second-order valence-corrected chi connectivity index (χ2v) is 2.49. The monoisotopic (exact) mass is 212 g/mol. The molecule has 0 aromatic carbocycles. The molecule has 0 unspecified atom stereocenters. The molecule has 0 aliphatic rings. The van der Waals surface area contributed by atoms with Crippen molar-refractivity contribution in [3.05, 3.63) is 23.2 Å². The lowest BCUT2D eigenvalue weighted by molar-refractivity contribution is 0.0527. The molecule has 0 amide bonds. The van der Waals surface area contributed by atoms with Crippen molar-refractivity contribution in [2.24, 2.45) is 0 Å². The summed E-state index contributed by atoms with van der Waals surface area (Å²) in [6, 6.07) is 1.12. The molecule has 15 heavy (non-hydrogen) atoms. The van der Waals surface area contributed by atoms with E-state index in [0.717, 1.165) is 20.3 Å². The van der Waals surface area contributed by atoms with E-state index in [1.807, 2.05) is 0 Å². The molecule has 1 heterocycles. The van der Waals surface area contributed by atoms with Crippen molar-refractivity contribution in [2.75, 3.05) is 14.2 Å². The van der Waals surface area contributed by atoms with Gasteiger partial charge in [0.2, 0.25) is 5.76 Å². The van der Waals surface area contributed by atoms with E-state index in [9.17, 15) is 14.4 Å². The van der Waals surface area contributed by atoms with Gasteiger partial charge in [-0.25, -0.2) is 9.59 Å². The maximum Gasteiger partial charge on any atom is 0.374 e. The van der Waals surface area contributed by atoms with Crippen LogP contribution in [0.25, 0.3) is 0 Å². The molecular formula is C9H8O6. The van der Waals surface area contributed by atoms with E-state index in [4.69, 9.17) is 4.42 Å². The molecule has 0 saturated carbocycles. The van der Waals surface area contributed by atoms with E-state index in [1.165, 1.54) is 0 Å². The van der Waals surface area contributed by atoms with Gasteiger partial charge in [0, 0.05) is 6.07 Å². The summed E-state index contributed by atoms with van der Waals surface area (Å²) >= 11 is 0. The molecule has 0 bridgehead atoms. The number of aldehydes is 1. The fourth-order valence-corrected chi connectivity index (χ4v) is 0.974. The topological polar surface area (TPSA) is 82.8 Å². The highest BCUT2D eigenvalue weighted by atomic mass is 16.5. The average molecular weight is 212 g/mol. The highest BCUT2D eigenvalue weighted by Crippen LogP contribution is 2.16. The minimum atomic E-state index is -0.844. The smallest absolute Gasteiger partial charge is 0.374 e. The van der Waals surface area contributed by atoms with Gasteiger partial charge in [0.05, 0.1) is 14.2 Å². The Morgan fingerprint density at radius 2 is 1.87 bits per heavy atom. The van der Waals surface area contributed by atoms with E-state index in [-0.39, 0.29) is 17.1 Å². The van der Waals surface area contributed by atoms with Crippen molar-refractivity contribution in [2.45, 2.75) is 0 Å². The summed E-state index contributed by atoms with van der Waals surface area (Å²) in [5.74, 6) is -2.10. The highest BCUT2D eigenvalue weighted by molar-refractivity contribution is 6.02. The first-order valence-corrected chi connectivity index (χ1v) is 3.89. The predicted molar refractivity (Wildman–Crippen MR) is 46.8 cm³/mol. The Bertz CT molecular complexity index is 369. The Morgan fingerprint density at radius 3 is 2.33 bits per heavy atom. The van der Waals surface area contributed by atoms with Crippen LogP contribution in [0.5, 0.6) is 0 Å². The van der Waals surface area contributed by atoms with Crippen LogP contribution in [-0.4, -0.2) is 32.4 Å². The SMILES string of the molecule is COC(=O)c1cc(C=O)oc1C(=O)OC. The quantitative estimate of drug-likeness (QED) is 0.540. The zero-order chi connectivity index (χ0) is 11.4. The van der Waals surface area contributed by atoms with Crippen LogP contribution in [-0.2, 0) is 9.47 Å². The van der Waals surface area contributed by atoms with Gasteiger partial charge in [0.25, 0.3) is 0 Å². The average Bonchev–Trinajstić information content (AvgIpc) is 2.70. The van der Waals surface area contributed by atoms with Crippen LogP contribution >= 0.6 is 0 Å². The molecular weight excluding hydrogens is 204 g/mol. The number of hydrogen-bond acceptors (Lipinski definition) is 6. The molecule has 1 aromatic heterocycles. The molecule has 80 valence electrons. The first kappa shape index (κ1) is 11.0. The van der Waals surface area contributed by atoms with Crippen LogP contribution in [0, 0.1) is 0 Å². The van der Waals surface area contributed by atoms with E-state index in [0.29, 0.717) is 6.29 Å². The van der Waals surface area contributed by atoms with Crippen LogP contribution in [0.3, 0.4) is 0 Å². The zero-order valence-corrected chi connectivity index (χ0v) is 8.10. The van der Waals surface area contributed by atoms with Gasteiger partial charge >= 0.3 is 11.9 Å². The normalized spacial score (nSPS) is 9.47. The van der Waals surface area contributed by atoms with Crippen LogP contribution in [0.1, 0.15) is 31.5 Å². The standard InChI is InChI=1S/C9H8O6/c1-13-8(11)6-3-5(4-10)15-7(6)9(12)14-2/h3-4H,1-2H3. The summed E-state index contributed by atoms with van der Waals surface area (Å²) in [7, 11) is 2.28. The van der Waals surface area contributed by atoms with Crippen molar-refractivity contribution in [3.8, 4) is 0 Å². The number of methoxy groups -OCH3 is 2. The number of carbonyl (C=O) groups excluding carboxylic acids is 3. The summed E-state index contributed by atoms with van der Waals surface area (Å²) in [5, 5.41) is 0. The van der Waals surface area contributed by atoms with Crippen LogP contribution in [0.4, 0.5) is 0 Å². The Kier molecular flexibility index (Phi) is 3.22. The minimum Gasteiger partial charge on any atom is -0.465 e.